The third-order valence-corrected chi connectivity index (χ3v) is 3.52. The molecule has 1 amide bonds. The van der Waals surface area contributed by atoms with Gasteiger partial charge in [0.2, 0.25) is 0 Å². The molecule has 0 unspecified atom stereocenters. The van der Waals surface area contributed by atoms with Crippen molar-refractivity contribution < 1.29 is 14.3 Å². The van der Waals surface area contributed by atoms with E-state index in [-0.39, 0.29) is 23.4 Å². The number of hydrogen-bond acceptors (Lipinski definition) is 4. The molecule has 1 N–H and O–H groups in total. The van der Waals surface area contributed by atoms with E-state index in [1.54, 1.807) is 12.1 Å². The van der Waals surface area contributed by atoms with E-state index in [1.165, 1.54) is 18.3 Å². The van der Waals surface area contributed by atoms with E-state index in [9.17, 15) is 9.59 Å². The molecule has 2 rings (SSSR count). The Kier molecular flexibility index (Phi) is 5.96. The van der Waals surface area contributed by atoms with Crippen molar-refractivity contribution in [2.75, 3.05) is 6.61 Å². The summed E-state index contributed by atoms with van der Waals surface area (Å²) < 4.78 is 4.93. The van der Waals surface area contributed by atoms with Crippen molar-refractivity contribution in [2.24, 2.45) is 0 Å². The molecule has 1 heterocycles. The zero-order valence-electron chi connectivity index (χ0n) is 12.3. The number of nitrogens with one attached hydrogen (secondary N) is 1. The quantitative estimate of drug-likeness (QED) is 0.661. The summed E-state index contributed by atoms with van der Waals surface area (Å²) in [5.74, 6) is -1.04. The maximum atomic E-state index is 11.8. The van der Waals surface area contributed by atoms with Gasteiger partial charge in [0.15, 0.2) is 6.61 Å². The number of hydrogen-bond donors (Lipinski definition) is 1. The first-order valence-electron chi connectivity index (χ1n) is 6.79. The van der Waals surface area contributed by atoms with E-state index in [0.29, 0.717) is 5.02 Å². The Morgan fingerprint density at radius 2 is 1.87 bits per heavy atom. The highest BCUT2D eigenvalue weighted by Crippen LogP contribution is 2.15. The van der Waals surface area contributed by atoms with E-state index >= 15 is 0 Å². The number of halogens is 2. The number of benzene rings is 1. The molecule has 120 valence electrons. The van der Waals surface area contributed by atoms with Crippen LogP contribution >= 0.6 is 23.2 Å². The van der Waals surface area contributed by atoms with Crippen molar-refractivity contribution in [3.05, 3.63) is 63.9 Å². The van der Waals surface area contributed by atoms with Gasteiger partial charge in [0.05, 0.1) is 11.6 Å². The second-order valence-electron chi connectivity index (χ2n) is 4.79. The highest BCUT2D eigenvalue weighted by atomic mass is 35.5. The van der Waals surface area contributed by atoms with Crippen LogP contribution in [0.4, 0.5) is 0 Å². The first-order chi connectivity index (χ1) is 11.0. The molecule has 1 aromatic carbocycles. The summed E-state index contributed by atoms with van der Waals surface area (Å²) in [7, 11) is 0. The molecule has 0 aliphatic carbocycles. The maximum Gasteiger partial charge on any atom is 0.340 e. The first-order valence-corrected chi connectivity index (χ1v) is 7.55. The number of ether oxygens (including phenoxy) is 1. The van der Waals surface area contributed by atoms with Crippen molar-refractivity contribution in [1.82, 2.24) is 10.3 Å². The Balaban J connectivity index is 1.83. The van der Waals surface area contributed by atoms with Crippen molar-refractivity contribution in [3.8, 4) is 0 Å². The summed E-state index contributed by atoms with van der Waals surface area (Å²) in [5, 5.41) is 3.63. The highest BCUT2D eigenvalue weighted by Gasteiger charge is 2.13. The highest BCUT2D eigenvalue weighted by molar-refractivity contribution is 6.30. The minimum Gasteiger partial charge on any atom is -0.452 e. The lowest BCUT2D eigenvalue weighted by Gasteiger charge is -2.14. The topological polar surface area (TPSA) is 68.3 Å². The zero-order chi connectivity index (χ0) is 16.8. The van der Waals surface area contributed by atoms with Crippen LogP contribution in [0.15, 0.2) is 42.6 Å². The minimum absolute atomic E-state index is 0.226. The average molecular weight is 353 g/mol. The van der Waals surface area contributed by atoms with Crippen LogP contribution in [0, 0.1) is 0 Å². The smallest absolute Gasteiger partial charge is 0.340 e. The summed E-state index contributed by atoms with van der Waals surface area (Å²) in [6, 6.07) is 9.85. The fourth-order valence-corrected chi connectivity index (χ4v) is 2.07. The van der Waals surface area contributed by atoms with E-state index in [1.807, 2.05) is 19.1 Å². The number of esters is 1. The second-order valence-corrected chi connectivity index (χ2v) is 5.61. The van der Waals surface area contributed by atoms with E-state index in [2.05, 4.69) is 10.3 Å². The van der Waals surface area contributed by atoms with Crippen molar-refractivity contribution >= 4 is 35.1 Å². The summed E-state index contributed by atoms with van der Waals surface area (Å²) in [5.41, 5.74) is 1.13. The van der Waals surface area contributed by atoms with Crippen LogP contribution in [0.5, 0.6) is 0 Å². The third kappa shape index (κ3) is 5.23. The Morgan fingerprint density at radius 1 is 1.17 bits per heavy atom. The lowest BCUT2D eigenvalue weighted by atomic mass is 10.1. The van der Waals surface area contributed by atoms with Gasteiger partial charge in [-0.2, -0.15) is 0 Å². The molecule has 2 aromatic rings. The molecule has 0 aliphatic heterocycles. The Morgan fingerprint density at radius 3 is 2.48 bits per heavy atom. The molecule has 0 saturated carbocycles. The van der Waals surface area contributed by atoms with E-state index < -0.39 is 11.9 Å². The molecule has 0 bridgehead atoms. The summed E-state index contributed by atoms with van der Waals surface area (Å²) in [4.78, 5) is 27.4. The van der Waals surface area contributed by atoms with Gasteiger partial charge in [-0.1, -0.05) is 35.3 Å². The number of carbonyl (C=O) groups is 2. The Hall–Kier alpha value is -2.11. The normalized spacial score (nSPS) is 11.6. The van der Waals surface area contributed by atoms with Crippen molar-refractivity contribution in [3.63, 3.8) is 0 Å². The van der Waals surface area contributed by atoms with Crippen LogP contribution in [0.25, 0.3) is 0 Å². The van der Waals surface area contributed by atoms with Crippen LogP contribution < -0.4 is 5.32 Å². The number of pyridine rings is 1. The van der Waals surface area contributed by atoms with Gasteiger partial charge in [0, 0.05) is 11.2 Å². The lowest BCUT2D eigenvalue weighted by Crippen LogP contribution is -2.31. The van der Waals surface area contributed by atoms with Gasteiger partial charge in [-0.05, 0) is 36.8 Å². The van der Waals surface area contributed by atoms with Gasteiger partial charge in [-0.15, -0.1) is 0 Å². The fraction of sp³-hybridized carbons (Fsp3) is 0.188. The molecule has 1 aromatic heterocycles. The molecule has 5 nitrogen and oxygen atoms in total. The van der Waals surface area contributed by atoms with E-state index in [0.717, 1.165) is 5.56 Å². The molecule has 0 aliphatic rings. The van der Waals surface area contributed by atoms with Gasteiger partial charge < -0.3 is 10.1 Å². The van der Waals surface area contributed by atoms with Gasteiger partial charge in [0.25, 0.3) is 5.91 Å². The summed E-state index contributed by atoms with van der Waals surface area (Å²) in [6.45, 7) is 1.45. The largest absolute Gasteiger partial charge is 0.452 e. The maximum absolute atomic E-state index is 11.8. The molecule has 0 saturated heterocycles. The molecule has 7 heteroatoms. The number of amides is 1. The molecule has 0 fully saturated rings. The predicted octanol–water partition coefficient (Wildman–Crippen LogP) is 3.42. The predicted molar refractivity (Wildman–Crippen MR) is 87.5 cm³/mol. The molecular weight excluding hydrogens is 339 g/mol. The second kappa shape index (κ2) is 7.94. The van der Waals surface area contributed by atoms with Gasteiger partial charge in [-0.25, -0.2) is 9.78 Å². The van der Waals surface area contributed by atoms with Crippen molar-refractivity contribution in [1.29, 1.82) is 0 Å². The van der Waals surface area contributed by atoms with Gasteiger partial charge in [0.1, 0.15) is 5.15 Å². The van der Waals surface area contributed by atoms with Gasteiger partial charge >= 0.3 is 5.97 Å². The Bertz CT molecular complexity index is 687. The number of carbonyl (C=O) groups excluding carboxylic acids is 2. The van der Waals surface area contributed by atoms with E-state index in [4.69, 9.17) is 27.9 Å². The molecule has 0 radical (unpaired) electrons. The minimum atomic E-state index is -0.636. The standard InChI is InChI=1S/C16H14Cl2N2O3/c1-10(11-2-5-13(17)6-3-11)20-15(21)9-23-16(22)12-4-7-14(18)19-8-12/h2-8,10H,9H2,1H3,(H,20,21)/t10-/m0/s1. The SMILES string of the molecule is C[C@H](NC(=O)COC(=O)c1ccc(Cl)nc1)c1ccc(Cl)cc1. The summed E-state index contributed by atoms with van der Waals surface area (Å²) in [6.07, 6.45) is 1.29. The van der Waals surface area contributed by atoms with Crippen LogP contribution in [0.2, 0.25) is 10.2 Å². The third-order valence-electron chi connectivity index (χ3n) is 3.04. The zero-order valence-corrected chi connectivity index (χ0v) is 13.8. The first kappa shape index (κ1) is 17.2. The van der Waals surface area contributed by atoms with Crippen molar-refractivity contribution in [2.45, 2.75) is 13.0 Å². The van der Waals surface area contributed by atoms with Crippen LogP contribution in [-0.4, -0.2) is 23.5 Å². The molecular formula is C16H14Cl2N2O3. The molecule has 23 heavy (non-hydrogen) atoms. The molecule has 0 spiro atoms. The monoisotopic (exact) mass is 352 g/mol. The van der Waals surface area contributed by atoms with Crippen LogP contribution in [0.3, 0.4) is 0 Å². The fourth-order valence-electron chi connectivity index (χ4n) is 1.83. The van der Waals surface area contributed by atoms with Crippen LogP contribution in [-0.2, 0) is 9.53 Å². The summed E-state index contributed by atoms with van der Waals surface area (Å²) >= 11 is 11.4. The van der Waals surface area contributed by atoms with Crippen LogP contribution in [0.1, 0.15) is 28.9 Å². The number of aromatic nitrogens is 1. The van der Waals surface area contributed by atoms with Gasteiger partial charge in [-0.3, -0.25) is 4.79 Å². The lowest BCUT2D eigenvalue weighted by molar-refractivity contribution is -0.124. The number of rotatable bonds is 5. The Labute approximate surface area is 143 Å². The number of nitrogens with zero attached hydrogens (tertiary/aromatic N) is 1. The average Bonchev–Trinajstić information content (AvgIpc) is 2.54. The molecule has 1 atom stereocenters.